The normalized spacial score (nSPS) is 25.6. The van der Waals surface area contributed by atoms with Crippen molar-refractivity contribution in [3.63, 3.8) is 0 Å². The Morgan fingerprint density at radius 3 is 2.95 bits per heavy atom. The van der Waals surface area contributed by atoms with Gasteiger partial charge >= 0.3 is 0 Å². The molecule has 1 aliphatic carbocycles. The van der Waals surface area contributed by atoms with E-state index in [1.165, 1.54) is 32.1 Å². The molecule has 1 aromatic rings. The molecule has 0 radical (unpaired) electrons. The lowest BCUT2D eigenvalue weighted by Gasteiger charge is -2.44. The van der Waals surface area contributed by atoms with E-state index < -0.39 is 0 Å². The summed E-state index contributed by atoms with van der Waals surface area (Å²) < 4.78 is 1.67. The summed E-state index contributed by atoms with van der Waals surface area (Å²) >= 11 is 0. The summed E-state index contributed by atoms with van der Waals surface area (Å²) in [6.07, 6.45) is 10.4. The number of piperidine rings is 1. The minimum absolute atomic E-state index is 0.0385. The van der Waals surface area contributed by atoms with Crippen LogP contribution in [0.4, 0.5) is 0 Å². The first-order valence-corrected chi connectivity index (χ1v) is 7.72. The molecule has 5 nitrogen and oxygen atoms in total. The highest BCUT2D eigenvalue weighted by Crippen LogP contribution is 2.34. The zero-order valence-electron chi connectivity index (χ0n) is 12.2. The van der Waals surface area contributed by atoms with Crippen LogP contribution in [0.2, 0.25) is 0 Å². The highest BCUT2D eigenvalue weighted by molar-refractivity contribution is 5.92. The predicted molar refractivity (Wildman–Crippen MR) is 77.5 cm³/mol. The van der Waals surface area contributed by atoms with E-state index in [1.807, 2.05) is 7.05 Å². The maximum atomic E-state index is 12.2. The second-order valence-electron chi connectivity index (χ2n) is 6.31. The van der Waals surface area contributed by atoms with Gasteiger partial charge in [-0.3, -0.25) is 9.48 Å². The Hall–Kier alpha value is -1.36. The predicted octanol–water partition coefficient (Wildman–Crippen LogP) is 1.60. The van der Waals surface area contributed by atoms with Crippen LogP contribution in [-0.2, 0) is 7.05 Å². The van der Waals surface area contributed by atoms with Gasteiger partial charge in [-0.25, -0.2) is 0 Å². The maximum absolute atomic E-state index is 12.2. The minimum atomic E-state index is -0.0385. The minimum Gasteiger partial charge on any atom is -0.348 e. The van der Waals surface area contributed by atoms with Crippen LogP contribution in [0, 0.1) is 0 Å². The zero-order valence-corrected chi connectivity index (χ0v) is 12.2. The Morgan fingerprint density at radius 2 is 2.25 bits per heavy atom. The Bertz CT molecular complexity index is 470. The van der Waals surface area contributed by atoms with Gasteiger partial charge in [0.2, 0.25) is 0 Å². The van der Waals surface area contributed by atoms with Gasteiger partial charge < -0.3 is 10.6 Å². The van der Waals surface area contributed by atoms with Gasteiger partial charge in [0.1, 0.15) is 5.69 Å². The van der Waals surface area contributed by atoms with E-state index in [1.54, 1.807) is 16.9 Å². The van der Waals surface area contributed by atoms with Gasteiger partial charge in [-0.2, -0.15) is 5.10 Å². The van der Waals surface area contributed by atoms with E-state index in [9.17, 15) is 4.79 Å². The van der Waals surface area contributed by atoms with E-state index in [2.05, 4.69) is 15.7 Å². The highest BCUT2D eigenvalue weighted by Gasteiger charge is 2.37. The molecule has 2 aliphatic rings. The number of amides is 1. The maximum Gasteiger partial charge on any atom is 0.271 e. The monoisotopic (exact) mass is 276 g/mol. The van der Waals surface area contributed by atoms with Crippen LogP contribution in [-0.4, -0.2) is 33.8 Å². The van der Waals surface area contributed by atoms with Crippen molar-refractivity contribution in [3.05, 3.63) is 18.0 Å². The van der Waals surface area contributed by atoms with Crippen molar-refractivity contribution in [2.45, 2.75) is 56.5 Å². The smallest absolute Gasteiger partial charge is 0.271 e. The summed E-state index contributed by atoms with van der Waals surface area (Å²) in [5, 5.41) is 11.0. The summed E-state index contributed by atoms with van der Waals surface area (Å²) in [5.74, 6) is -0.0385. The van der Waals surface area contributed by atoms with Crippen LogP contribution in [0.3, 0.4) is 0 Å². The largest absolute Gasteiger partial charge is 0.348 e. The molecule has 1 aromatic heterocycles. The summed E-state index contributed by atoms with van der Waals surface area (Å²) in [6.45, 7) is 1.01. The van der Waals surface area contributed by atoms with E-state index in [0.29, 0.717) is 5.69 Å². The van der Waals surface area contributed by atoms with Gasteiger partial charge in [0, 0.05) is 24.8 Å². The van der Waals surface area contributed by atoms with Crippen molar-refractivity contribution in [1.29, 1.82) is 0 Å². The van der Waals surface area contributed by atoms with Gasteiger partial charge in [0.25, 0.3) is 5.91 Å². The molecule has 3 rings (SSSR count). The molecular formula is C15H24N4O. The standard InChI is InChI=1S/C15H24N4O/c1-19-10-6-13(18-19)14(20)17-12-5-9-16-15(11-12)7-3-2-4-8-15/h6,10,12,16H,2-5,7-9,11H2,1H3,(H,17,20). The topological polar surface area (TPSA) is 59.0 Å². The Labute approximate surface area is 120 Å². The van der Waals surface area contributed by atoms with Gasteiger partial charge in [0.15, 0.2) is 0 Å². The molecular weight excluding hydrogens is 252 g/mol. The lowest BCUT2D eigenvalue weighted by Crippen LogP contribution is -2.57. The second kappa shape index (κ2) is 5.56. The third-order valence-electron chi connectivity index (χ3n) is 4.72. The fraction of sp³-hybridized carbons (Fsp3) is 0.733. The third-order valence-corrected chi connectivity index (χ3v) is 4.72. The van der Waals surface area contributed by atoms with E-state index in [-0.39, 0.29) is 17.5 Å². The molecule has 1 saturated heterocycles. The summed E-state index contributed by atoms with van der Waals surface area (Å²) in [5.41, 5.74) is 0.794. The summed E-state index contributed by atoms with van der Waals surface area (Å²) in [6, 6.07) is 2.05. The number of nitrogens with zero attached hydrogens (tertiary/aromatic N) is 2. The fourth-order valence-electron chi connectivity index (χ4n) is 3.69. The van der Waals surface area contributed by atoms with Crippen LogP contribution in [0.15, 0.2) is 12.3 Å². The number of rotatable bonds is 2. The van der Waals surface area contributed by atoms with Crippen molar-refractivity contribution in [3.8, 4) is 0 Å². The molecule has 1 saturated carbocycles. The molecule has 1 unspecified atom stereocenters. The van der Waals surface area contributed by atoms with Crippen LogP contribution in [0.1, 0.15) is 55.4 Å². The number of hydrogen-bond acceptors (Lipinski definition) is 3. The fourth-order valence-corrected chi connectivity index (χ4v) is 3.69. The molecule has 1 atom stereocenters. The zero-order chi connectivity index (χ0) is 14.0. The summed E-state index contributed by atoms with van der Waals surface area (Å²) in [7, 11) is 1.83. The number of carbonyl (C=O) groups excluding carboxylic acids is 1. The van der Waals surface area contributed by atoms with Crippen molar-refractivity contribution < 1.29 is 4.79 Å². The molecule has 5 heteroatoms. The molecule has 1 spiro atoms. The van der Waals surface area contributed by atoms with Crippen molar-refractivity contribution in [2.24, 2.45) is 7.05 Å². The third kappa shape index (κ3) is 2.87. The van der Waals surface area contributed by atoms with Crippen molar-refractivity contribution >= 4 is 5.91 Å². The van der Waals surface area contributed by atoms with Crippen molar-refractivity contribution in [2.75, 3.05) is 6.54 Å². The van der Waals surface area contributed by atoms with E-state index in [0.717, 1.165) is 19.4 Å². The Kier molecular flexibility index (Phi) is 3.78. The van der Waals surface area contributed by atoms with Crippen molar-refractivity contribution in [1.82, 2.24) is 20.4 Å². The number of hydrogen-bond donors (Lipinski definition) is 2. The average Bonchev–Trinajstić information content (AvgIpc) is 2.86. The lowest BCUT2D eigenvalue weighted by molar-refractivity contribution is 0.0887. The highest BCUT2D eigenvalue weighted by atomic mass is 16.2. The van der Waals surface area contributed by atoms with Crippen LogP contribution >= 0.6 is 0 Å². The number of carbonyl (C=O) groups is 1. The van der Waals surface area contributed by atoms with Crippen LogP contribution in [0.25, 0.3) is 0 Å². The molecule has 1 aliphatic heterocycles. The lowest BCUT2D eigenvalue weighted by atomic mass is 9.75. The molecule has 0 aromatic carbocycles. The number of nitrogens with one attached hydrogen (secondary N) is 2. The molecule has 0 bridgehead atoms. The SMILES string of the molecule is Cn1ccc(C(=O)NC2CCNC3(CCCCC3)C2)n1. The van der Waals surface area contributed by atoms with Gasteiger partial charge in [-0.1, -0.05) is 19.3 Å². The van der Waals surface area contributed by atoms with E-state index in [4.69, 9.17) is 0 Å². The van der Waals surface area contributed by atoms with Crippen LogP contribution in [0.5, 0.6) is 0 Å². The van der Waals surface area contributed by atoms with Crippen LogP contribution < -0.4 is 10.6 Å². The Morgan fingerprint density at radius 1 is 1.45 bits per heavy atom. The first-order chi connectivity index (χ1) is 9.67. The average molecular weight is 276 g/mol. The number of aromatic nitrogens is 2. The second-order valence-corrected chi connectivity index (χ2v) is 6.31. The van der Waals surface area contributed by atoms with Gasteiger partial charge in [-0.15, -0.1) is 0 Å². The molecule has 2 N–H and O–H groups in total. The first kappa shape index (κ1) is 13.6. The summed E-state index contributed by atoms with van der Waals surface area (Å²) in [4.78, 5) is 12.2. The van der Waals surface area contributed by atoms with Gasteiger partial charge in [-0.05, 0) is 38.3 Å². The first-order valence-electron chi connectivity index (χ1n) is 7.72. The molecule has 110 valence electrons. The Balaban J connectivity index is 1.61. The molecule has 2 fully saturated rings. The van der Waals surface area contributed by atoms with Gasteiger partial charge in [0.05, 0.1) is 0 Å². The molecule has 2 heterocycles. The number of aryl methyl sites for hydroxylation is 1. The van der Waals surface area contributed by atoms with E-state index >= 15 is 0 Å². The quantitative estimate of drug-likeness (QED) is 0.862. The molecule has 1 amide bonds. The molecule has 20 heavy (non-hydrogen) atoms.